The van der Waals surface area contributed by atoms with E-state index in [2.05, 4.69) is 0 Å². The zero-order valence-corrected chi connectivity index (χ0v) is 10.3. The van der Waals surface area contributed by atoms with E-state index in [1.54, 1.807) is 12.1 Å². The number of rotatable bonds is 3. The number of imide groups is 1. The number of nitrogens with zero attached hydrogens (tertiary/aromatic N) is 1. The molecule has 0 spiro atoms. The van der Waals surface area contributed by atoms with Gasteiger partial charge in [0, 0.05) is 4.88 Å². The van der Waals surface area contributed by atoms with E-state index in [-0.39, 0.29) is 29.4 Å². The van der Waals surface area contributed by atoms with Crippen molar-refractivity contribution in [3.63, 3.8) is 0 Å². The number of nitrogens with two attached hydrogens (primary N) is 1. The third kappa shape index (κ3) is 2.48. The van der Waals surface area contributed by atoms with Crippen molar-refractivity contribution >= 4 is 40.2 Å². The Bertz CT molecular complexity index is 470. The van der Waals surface area contributed by atoms with E-state index >= 15 is 0 Å². The lowest BCUT2D eigenvalue weighted by atomic mass is 10.4. The predicted molar refractivity (Wildman–Crippen MR) is 64.4 cm³/mol. The van der Waals surface area contributed by atoms with Gasteiger partial charge < -0.3 is 0 Å². The lowest BCUT2D eigenvalue weighted by Gasteiger charge is -2.10. The average Bonchev–Trinajstić information content (AvgIpc) is 2.90. The molecule has 1 aromatic rings. The quantitative estimate of drug-likeness (QED) is 0.476. The highest BCUT2D eigenvalue weighted by Crippen LogP contribution is 2.24. The number of thioether (sulfide) groups is 1. The molecule has 0 bridgehead atoms. The van der Waals surface area contributed by atoms with Gasteiger partial charge >= 0.3 is 0 Å². The molecule has 0 aromatic carbocycles. The molecule has 17 heavy (non-hydrogen) atoms. The van der Waals surface area contributed by atoms with Crippen LogP contribution in [0.4, 0.5) is 4.79 Å². The number of carbonyl (C=O) groups is 3. The van der Waals surface area contributed by atoms with Gasteiger partial charge in [0.05, 0.1) is 17.2 Å². The van der Waals surface area contributed by atoms with E-state index in [0.29, 0.717) is 4.88 Å². The molecule has 1 aromatic heterocycles. The van der Waals surface area contributed by atoms with E-state index in [0.717, 1.165) is 16.6 Å². The fourth-order valence-electron chi connectivity index (χ4n) is 1.35. The highest BCUT2D eigenvalue weighted by molar-refractivity contribution is 8.14. The maximum atomic E-state index is 11.4. The van der Waals surface area contributed by atoms with Crippen LogP contribution in [0.5, 0.6) is 0 Å². The Morgan fingerprint density at radius 1 is 1.47 bits per heavy atom. The molecular formula is C9H9N3O3S2. The van der Waals surface area contributed by atoms with Crippen LogP contribution in [0.2, 0.25) is 0 Å². The van der Waals surface area contributed by atoms with E-state index < -0.39 is 0 Å². The molecule has 3 amide bonds. The van der Waals surface area contributed by atoms with Crippen LogP contribution < -0.4 is 11.3 Å². The van der Waals surface area contributed by atoms with Crippen molar-refractivity contribution in [2.75, 3.05) is 5.75 Å². The van der Waals surface area contributed by atoms with E-state index in [9.17, 15) is 14.4 Å². The SMILES string of the molecule is NNC(=O)c1ccc(CN2C(=O)CSC2=O)s1. The monoisotopic (exact) mass is 271 g/mol. The van der Waals surface area contributed by atoms with Gasteiger partial charge in [0.1, 0.15) is 0 Å². The molecule has 1 aliphatic rings. The summed E-state index contributed by atoms with van der Waals surface area (Å²) >= 11 is 2.20. The van der Waals surface area contributed by atoms with Gasteiger partial charge in [-0.05, 0) is 12.1 Å². The van der Waals surface area contributed by atoms with Crippen molar-refractivity contribution in [2.45, 2.75) is 6.54 Å². The van der Waals surface area contributed by atoms with Crippen LogP contribution in [0.1, 0.15) is 14.5 Å². The van der Waals surface area contributed by atoms with Crippen molar-refractivity contribution in [2.24, 2.45) is 5.84 Å². The number of nitrogen functional groups attached to an aromatic ring is 1. The first-order chi connectivity index (χ1) is 8.11. The maximum absolute atomic E-state index is 11.4. The summed E-state index contributed by atoms with van der Waals surface area (Å²) < 4.78 is 0. The molecule has 0 atom stereocenters. The molecule has 0 saturated carbocycles. The lowest BCUT2D eigenvalue weighted by Crippen LogP contribution is -2.29. The van der Waals surface area contributed by atoms with Crippen molar-refractivity contribution in [1.29, 1.82) is 0 Å². The zero-order chi connectivity index (χ0) is 12.4. The van der Waals surface area contributed by atoms with Gasteiger partial charge in [0.2, 0.25) is 5.91 Å². The molecule has 2 rings (SSSR count). The van der Waals surface area contributed by atoms with E-state index in [1.165, 1.54) is 16.2 Å². The van der Waals surface area contributed by atoms with Crippen LogP contribution in [-0.4, -0.2) is 27.7 Å². The first kappa shape index (κ1) is 12.1. The van der Waals surface area contributed by atoms with Gasteiger partial charge in [0.25, 0.3) is 11.1 Å². The Hall–Kier alpha value is -1.38. The molecule has 0 radical (unpaired) electrons. The van der Waals surface area contributed by atoms with Crippen molar-refractivity contribution < 1.29 is 14.4 Å². The van der Waals surface area contributed by atoms with Crippen LogP contribution in [0.25, 0.3) is 0 Å². The Labute approximate surface area is 105 Å². The number of hydrogen-bond acceptors (Lipinski definition) is 6. The van der Waals surface area contributed by atoms with Gasteiger partial charge in [-0.2, -0.15) is 0 Å². The smallest absolute Gasteiger partial charge is 0.289 e. The van der Waals surface area contributed by atoms with Crippen LogP contribution >= 0.6 is 23.1 Å². The first-order valence-electron chi connectivity index (χ1n) is 4.68. The van der Waals surface area contributed by atoms with Crippen LogP contribution in [0.3, 0.4) is 0 Å². The Morgan fingerprint density at radius 2 is 2.24 bits per heavy atom. The highest BCUT2D eigenvalue weighted by atomic mass is 32.2. The fourth-order valence-corrected chi connectivity index (χ4v) is 2.97. The van der Waals surface area contributed by atoms with Crippen LogP contribution in [-0.2, 0) is 11.3 Å². The minimum atomic E-state index is -0.380. The molecule has 2 heterocycles. The Balaban J connectivity index is 2.09. The summed E-state index contributed by atoms with van der Waals surface area (Å²) in [5, 5.41) is -0.242. The number of hydrazine groups is 1. The number of amides is 3. The number of hydrogen-bond donors (Lipinski definition) is 2. The highest BCUT2D eigenvalue weighted by Gasteiger charge is 2.30. The third-order valence-electron chi connectivity index (χ3n) is 2.17. The molecule has 0 aliphatic carbocycles. The standard InChI is InChI=1S/C9H9N3O3S2/c10-11-8(14)6-2-1-5(17-6)3-12-7(13)4-16-9(12)15/h1-2H,3-4,10H2,(H,11,14). The summed E-state index contributed by atoms with van der Waals surface area (Å²) in [4.78, 5) is 36.4. The summed E-state index contributed by atoms with van der Waals surface area (Å²) in [6.07, 6.45) is 0. The molecule has 6 nitrogen and oxygen atoms in total. The maximum Gasteiger partial charge on any atom is 0.289 e. The van der Waals surface area contributed by atoms with Gasteiger partial charge in [-0.25, -0.2) is 5.84 Å². The number of carbonyl (C=O) groups excluding carboxylic acids is 3. The van der Waals surface area contributed by atoms with Crippen LogP contribution in [0, 0.1) is 0 Å². The first-order valence-corrected chi connectivity index (χ1v) is 6.49. The van der Waals surface area contributed by atoms with Gasteiger partial charge in [-0.1, -0.05) is 11.8 Å². The summed E-state index contributed by atoms with van der Waals surface area (Å²) in [5.41, 5.74) is 2.03. The summed E-state index contributed by atoms with van der Waals surface area (Å²) in [5.74, 6) is 4.62. The normalized spacial score (nSPS) is 15.5. The largest absolute Gasteiger partial charge is 0.289 e. The second kappa shape index (κ2) is 4.86. The second-order valence-corrected chi connectivity index (χ2v) is 5.37. The van der Waals surface area contributed by atoms with E-state index in [1.807, 2.05) is 5.43 Å². The van der Waals surface area contributed by atoms with Crippen LogP contribution in [0.15, 0.2) is 12.1 Å². The van der Waals surface area contributed by atoms with Gasteiger partial charge in [0.15, 0.2) is 0 Å². The molecule has 1 aliphatic heterocycles. The molecule has 3 N–H and O–H groups in total. The molecule has 0 unspecified atom stereocenters. The predicted octanol–water partition coefficient (Wildman–Crippen LogP) is 0.547. The number of nitrogens with one attached hydrogen (secondary N) is 1. The van der Waals surface area contributed by atoms with Gasteiger partial charge in [-0.3, -0.25) is 24.7 Å². The van der Waals surface area contributed by atoms with Crippen molar-refractivity contribution in [3.05, 3.63) is 21.9 Å². The molecular weight excluding hydrogens is 262 g/mol. The topological polar surface area (TPSA) is 92.5 Å². The molecule has 90 valence electrons. The minimum Gasteiger partial charge on any atom is -0.289 e. The molecule has 1 saturated heterocycles. The summed E-state index contributed by atoms with van der Waals surface area (Å²) in [6.45, 7) is 0.215. The van der Waals surface area contributed by atoms with Gasteiger partial charge in [-0.15, -0.1) is 11.3 Å². The Kier molecular flexibility index (Phi) is 3.46. The zero-order valence-electron chi connectivity index (χ0n) is 8.63. The van der Waals surface area contributed by atoms with E-state index in [4.69, 9.17) is 5.84 Å². The number of thiophene rings is 1. The van der Waals surface area contributed by atoms with Crippen molar-refractivity contribution in [1.82, 2.24) is 10.3 Å². The fraction of sp³-hybridized carbons (Fsp3) is 0.222. The summed E-state index contributed by atoms with van der Waals surface area (Å²) in [6, 6.07) is 3.32. The minimum absolute atomic E-state index is 0.195. The van der Waals surface area contributed by atoms with Crippen molar-refractivity contribution in [3.8, 4) is 0 Å². The lowest BCUT2D eigenvalue weighted by molar-refractivity contribution is -0.124. The average molecular weight is 271 g/mol. The molecule has 8 heteroatoms. The Morgan fingerprint density at radius 3 is 2.82 bits per heavy atom. The third-order valence-corrected chi connectivity index (χ3v) is 4.10. The summed E-state index contributed by atoms with van der Waals surface area (Å²) in [7, 11) is 0. The second-order valence-electron chi connectivity index (χ2n) is 3.27. The molecule has 1 fully saturated rings.